The first-order chi connectivity index (χ1) is 8.88. The maximum absolute atomic E-state index is 2.52. The van der Waals surface area contributed by atoms with Gasteiger partial charge in [0.25, 0.3) is 0 Å². The Morgan fingerprint density at radius 3 is 1.33 bits per heavy atom. The third-order valence-corrected chi connectivity index (χ3v) is 4.05. The average Bonchev–Trinajstić information content (AvgIpc) is 2.78. The van der Waals surface area contributed by atoms with E-state index in [-0.39, 0.29) is 0 Å². The minimum Gasteiger partial charge on any atom is -0.351 e. The van der Waals surface area contributed by atoms with E-state index < -0.39 is 0 Å². The molecule has 0 atom stereocenters. The number of rotatable bonds is 0. The monoisotopic (exact) mass is 249 g/mol. The molecular weight excluding hydrogens is 218 g/mol. The molecule has 0 radical (unpaired) electrons. The van der Waals surface area contributed by atoms with Gasteiger partial charge >= 0.3 is 0 Å². The molecule has 1 nitrogen and oxygen atoms in total. The molecular formula is C17H31N. The van der Waals surface area contributed by atoms with Crippen molar-refractivity contribution in [3.63, 3.8) is 0 Å². The van der Waals surface area contributed by atoms with Gasteiger partial charge in [0, 0.05) is 18.4 Å². The highest BCUT2D eigenvalue weighted by Crippen LogP contribution is 2.33. The molecule has 0 spiro atoms. The fourth-order valence-corrected chi connectivity index (χ4v) is 3.33. The van der Waals surface area contributed by atoms with Crippen molar-refractivity contribution in [2.75, 3.05) is 0 Å². The van der Waals surface area contributed by atoms with Gasteiger partial charge in [0.05, 0.1) is 0 Å². The highest BCUT2D eigenvalue weighted by atomic mass is 15.0. The minimum absolute atomic E-state index is 1.33. The lowest BCUT2D eigenvalue weighted by atomic mass is 9.89. The molecule has 1 heteroatoms. The molecule has 2 aliphatic rings. The second-order valence-electron chi connectivity index (χ2n) is 4.82. The zero-order valence-electron chi connectivity index (χ0n) is 13.1. The van der Waals surface area contributed by atoms with Crippen molar-refractivity contribution in [1.29, 1.82) is 0 Å². The third-order valence-electron chi connectivity index (χ3n) is 4.05. The second-order valence-corrected chi connectivity index (χ2v) is 4.82. The molecule has 0 aliphatic heterocycles. The molecule has 1 aromatic heterocycles. The summed E-state index contributed by atoms with van der Waals surface area (Å²) in [6, 6.07) is 0. The summed E-state index contributed by atoms with van der Waals surface area (Å²) in [7, 11) is 2.29. The van der Waals surface area contributed by atoms with Crippen LogP contribution in [-0.2, 0) is 32.7 Å². The van der Waals surface area contributed by atoms with Gasteiger partial charge in [-0.2, -0.15) is 0 Å². The fourth-order valence-electron chi connectivity index (χ4n) is 3.33. The topological polar surface area (TPSA) is 4.93 Å². The smallest absolute Gasteiger partial charge is 0.0209 e. The van der Waals surface area contributed by atoms with Crippen molar-refractivity contribution in [1.82, 2.24) is 4.57 Å². The van der Waals surface area contributed by atoms with E-state index in [1.165, 1.54) is 51.4 Å². The Bertz CT molecular complexity index is 327. The molecule has 0 saturated heterocycles. The van der Waals surface area contributed by atoms with Gasteiger partial charge in [0.15, 0.2) is 0 Å². The molecule has 2 aliphatic carbocycles. The molecule has 0 N–H and O–H groups in total. The van der Waals surface area contributed by atoms with E-state index >= 15 is 0 Å². The molecule has 0 saturated carbocycles. The van der Waals surface area contributed by atoms with E-state index in [0.29, 0.717) is 0 Å². The first-order valence-corrected chi connectivity index (χ1v) is 8.06. The zero-order chi connectivity index (χ0) is 13.5. The Balaban J connectivity index is 0.000000371. The van der Waals surface area contributed by atoms with Gasteiger partial charge in [-0.15, -0.1) is 0 Å². The normalized spacial score (nSPS) is 16.5. The van der Waals surface area contributed by atoms with Crippen LogP contribution in [0.2, 0.25) is 0 Å². The van der Waals surface area contributed by atoms with Gasteiger partial charge in [0.1, 0.15) is 0 Å². The predicted molar refractivity (Wildman–Crippen MR) is 81.4 cm³/mol. The van der Waals surface area contributed by atoms with Crippen LogP contribution >= 0.6 is 0 Å². The Kier molecular flexibility index (Phi) is 6.52. The molecule has 104 valence electrons. The molecule has 3 rings (SSSR count). The van der Waals surface area contributed by atoms with Crippen LogP contribution in [0.25, 0.3) is 0 Å². The van der Waals surface area contributed by atoms with Gasteiger partial charge in [0.2, 0.25) is 0 Å². The highest BCUT2D eigenvalue weighted by molar-refractivity contribution is 5.41. The number of hydrogen-bond acceptors (Lipinski definition) is 0. The molecule has 0 fully saturated rings. The van der Waals surface area contributed by atoms with Gasteiger partial charge < -0.3 is 4.57 Å². The van der Waals surface area contributed by atoms with Crippen molar-refractivity contribution in [2.24, 2.45) is 7.05 Å². The van der Waals surface area contributed by atoms with E-state index in [2.05, 4.69) is 11.6 Å². The summed E-state index contributed by atoms with van der Waals surface area (Å²) in [5.74, 6) is 0. The Morgan fingerprint density at radius 2 is 0.944 bits per heavy atom. The summed E-state index contributed by atoms with van der Waals surface area (Å²) in [5.41, 5.74) is 6.83. The van der Waals surface area contributed by atoms with Crippen LogP contribution in [0.3, 0.4) is 0 Å². The highest BCUT2D eigenvalue weighted by Gasteiger charge is 2.23. The van der Waals surface area contributed by atoms with Crippen molar-refractivity contribution < 1.29 is 0 Å². The van der Waals surface area contributed by atoms with Crippen LogP contribution in [0.4, 0.5) is 0 Å². The van der Waals surface area contributed by atoms with E-state index in [1.807, 2.05) is 27.7 Å². The second kappa shape index (κ2) is 7.66. The summed E-state index contributed by atoms with van der Waals surface area (Å²) in [5, 5.41) is 0. The number of fused-ring (bicyclic) bond motifs is 3. The van der Waals surface area contributed by atoms with Crippen molar-refractivity contribution in [3.05, 3.63) is 22.5 Å². The molecule has 18 heavy (non-hydrogen) atoms. The Morgan fingerprint density at radius 1 is 0.611 bits per heavy atom. The summed E-state index contributed by atoms with van der Waals surface area (Å²) < 4.78 is 2.52. The first kappa shape index (κ1) is 15.3. The number of hydrogen-bond donors (Lipinski definition) is 0. The summed E-state index contributed by atoms with van der Waals surface area (Å²) >= 11 is 0. The lowest BCUT2D eigenvalue weighted by Gasteiger charge is -2.14. The summed E-state index contributed by atoms with van der Waals surface area (Å²) in [6.45, 7) is 8.00. The predicted octanol–water partition coefficient (Wildman–Crippen LogP) is 4.84. The Labute approximate surface area is 114 Å². The molecule has 0 bridgehead atoms. The van der Waals surface area contributed by atoms with Crippen LogP contribution in [0, 0.1) is 0 Å². The lowest BCUT2D eigenvalue weighted by Crippen LogP contribution is -2.06. The van der Waals surface area contributed by atoms with E-state index in [9.17, 15) is 0 Å². The number of nitrogens with zero attached hydrogens (tertiary/aromatic N) is 1. The summed E-state index contributed by atoms with van der Waals surface area (Å²) in [6.07, 6.45) is 11.0. The van der Waals surface area contributed by atoms with Gasteiger partial charge in [-0.3, -0.25) is 0 Å². The summed E-state index contributed by atoms with van der Waals surface area (Å²) in [4.78, 5) is 0. The molecule has 0 unspecified atom stereocenters. The van der Waals surface area contributed by atoms with Crippen molar-refractivity contribution in [2.45, 2.75) is 79.1 Å². The zero-order valence-corrected chi connectivity index (χ0v) is 13.1. The molecule has 1 heterocycles. The largest absolute Gasteiger partial charge is 0.351 e. The Hall–Kier alpha value is -0.720. The lowest BCUT2D eigenvalue weighted by molar-refractivity contribution is 0.631. The number of aromatic nitrogens is 1. The molecule has 1 aromatic rings. The van der Waals surface area contributed by atoms with Crippen molar-refractivity contribution >= 4 is 0 Å². The van der Waals surface area contributed by atoms with Crippen LogP contribution in [0.15, 0.2) is 0 Å². The fraction of sp³-hybridized carbons (Fsp3) is 0.765. The maximum Gasteiger partial charge on any atom is 0.0209 e. The van der Waals surface area contributed by atoms with Crippen LogP contribution in [-0.4, -0.2) is 4.57 Å². The molecule has 0 amide bonds. The van der Waals surface area contributed by atoms with Crippen LogP contribution in [0.1, 0.15) is 75.9 Å². The SMILES string of the molecule is CC.CC.Cn1c2c(c3c1CCCC3)CCCC2. The minimum atomic E-state index is 1.33. The van der Waals surface area contributed by atoms with Crippen molar-refractivity contribution in [3.8, 4) is 0 Å². The van der Waals surface area contributed by atoms with Crippen LogP contribution in [0.5, 0.6) is 0 Å². The quantitative estimate of drug-likeness (QED) is 0.620. The standard InChI is InChI=1S/C13H19N.2C2H6/c1-14-12-8-4-2-6-10(12)11-7-3-5-9-13(11)14;2*1-2/h2-9H2,1H3;2*1-2H3. The third kappa shape index (κ3) is 2.81. The van der Waals surface area contributed by atoms with Gasteiger partial charge in [-0.05, 0) is 62.5 Å². The van der Waals surface area contributed by atoms with Crippen LogP contribution < -0.4 is 0 Å². The van der Waals surface area contributed by atoms with Gasteiger partial charge in [-0.25, -0.2) is 0 Å². The first-order valence-electron chi connectivity index (χ1n) is 8.06. The van der Waals surface area contributed by atoms with E-state index in [1.54, 1.807) is 22.5 Å². The maximum atomic E-state index is 2.52. The van der Waals surface area contributed by atoms with E-state index in [4.69, 9.17) is 0 Å². The van der Waals surface area contributed by atoms with Gasteiger partial charge in [-0.1, -0.05) is 27.7 Å². The molecule has 0 aromatic carbocycles. The van der Waals surface area contributed by atoms with E-state index in [0.717, 1.165) is 0 Å². The average molecular weight is 249 g/mol.